The van der Waals surface area contributed by atoms with E-state index in [1.54, 1.807) is 7.11 Å². The Hall–Kier alpha value is -1.79. The first-order chi connectivity index (χ1) is 13.2. The van der Waals surface area contributed by atoms with E-state index in [1.807, 2.05) is 29.2 Å². The van der Waals surface area contributed by atoms with Gasteiger partial charge >= 0.3 is 0 Å². The Kier molecular flexibility index (Phi) is 5.55. The van der Waals surface area contributed by atoms with Crippen LogP contribution in [0.3, 0.4) is 0 Å². The molecule has 0 unspecified atom stereocenters. The second kappa shape index (κ2) is 8.07. The summed E-state index contributed by atoms with van der Waals surface area (Å²) in [5, 5.41) is 0. The zero-order valence-electron chi connectivity index (χ0n) is 16.2. The number of methoxy groups -OCH3 is 1. The SMILES string of the molecule is COCCCN1CC2(CCN(C[C@@H]3COc4ccccc4O3)CC2)CC1=O. The van der Waals surface area contributed by atoms with Crippen molar-refractivity contribution in [3.8, 4) is 11.5 Å². The molecule has 6 heteroatoms. The number of hydrogen-bond donors (Lipinski definition) is 0. The standard InChI is InChI=1S/C21H30N2O4/c1-25-12-4-9-23-16-21(13-20(23)24)7-10-22(11-8-21)14-17-15-26-18-5-2-3-6-19(18)27-17/h2-3,5-6,17H,4,7-16H2,1H3/t17-/m1/s1. The number of ether oxygens (including phenoxy) is 3. The maximum absolute atomic E-state index is 12.4. The number of para-hydroxylation sites is 2. The summed E-state index contributed by atoms with van der Waals surface area (Å²) in [7, 11) is 1.71. The minimum absolute atomic E-state index is 0.0738. The summed E-state index contributed by atoms with van der Waals surface area (Å²) in [5.74, 6) is 2.00. The number of hydrogen-bond acceptors (Lipinski definition) is 5. The van der Waals surface area contributed by atoms with Crippen LogP contribution in [-0.4, -0.2) is 74.9 Å². The molecule has 1 spiro atoms. The Labute approximate surface area is 161 Å². The molecule has 3 aliphatic heterocycles. The molecule has 2 fully saturated rings. The molecule has 3 aliphatic rings. The molecule has 0 N–H and O–H groups in total. The second-order valence-corrected chi connectivity index (χ2v) is 8.14. The molecule has 4 rings (SSSR count). The summed E-state index contributed by atoms with van der Waals surface area (Å²) in [6.07, 6.45) is 3.88. The van der Waals surface area contributed by atoms with E-state index in [0.717, 1.165) is 70.1 Å². The van der Waals surface area contributed by atoms with Crippen LogP contribution in [0.5, 0.6) is 11.5 Å². The van der Waals surface area contributed by atoms with Gasteiger partial charge in [0.2, 0.25) is 5.91 Å². The number of amides is 1. The van der Waals surface area contributed by atoms with E-state index < -0.39 is 0 Å². The first-order valence-electron chi connectivity index (χ1n) is 10.1. The molecule has 0 radical (unpaired) electrons. The third-order valence-electron chi connectivity index (χ3n) is 6.13. The van der Waals surface area contributed by atoms with Gasteiger partial charge in [0.25, 0.3) is 0 Å². The van der Waals surface area contributed by atoms with Crippen molar-refractivity contribution >= 4 is 5.91 Å². The number of carbonyl (C=O) groups excluding carboxylic acids is 1. The van der Waals surface area contributed by atoms with Crippen molar-refractivity contribution in [2.75, 3.05) is 53.0 Å². The Morgan fingerprint density at radius 3 is 2.78 bits per heavy atom. The second-order valence-electron chi connectivity index (χ2n) is 8.14. The van der Waals surface area contributed by atoms with Gasteiger partial charge in [0.15, 0.2) is 11.5 Å². The third kappa shape index (κ3) is 4.22. The first-order valence-corrected chi connectivity index (χ1v) is 10.1. The summed E-state index contributed by atoms with van der Waals surface area (Å²) >= 11 is 0. The van der Waals surface area contributed by atoms with Gasteiger partial charge in [-0.2, -0.15) is 0 Å². The van der Waals surface area contributed by atoms with Crippen LogP contribution in [0, 0.1) is 5.41 Å². The molecule has 2 saturated heterocycles. The molecule has 27 heavy (non-hydrogen) atoms. The number of nitrogens with zero attached hydrogens (tertiary/aromatic N) is 2. The largest absolute Gasteiger partial charge is 0.486 e. The topological polar surface area (TPSA) is 51.2 Å². The van der Waals surface area contributed by atoms with Crippen molar-refractivity contribution in [2.24, 2.45) is 5.41 Å². The van der Waals surface area contributed by atoms with E-state index in [9.17, 15) is 4.79 Å². The van der Waals surface area contributed by atoms with Crippen LogP contribution in [0.15, 0.2) is 24.3 Å². The summed E-state index contributed by atoms with van der Waals surface area (Å²) in [4.78, 5) is 16.9. The van der Waals surface area contributed by atoms with Gasteiger partial charge in [-0.1, -0.05) is 12.1 Å². The lowest BCUT2D eigenvalue weighted by molar-refractivity contribution is -0.128. The van der Waals surface area contributed by atoms with Crippen molar-refractivity contribution in [1.29, 1.82) is 0 Å². The van der Waals surface area contributed by atoms with Crippen LogP contribution >= 0.6 is 0 Å². The highest BCUT2D eigenvalue weighted by atomic mass is 16.6. The lowest BCUT2D eigenvalue weighted by atomic mass is 9.77. The van der Waals surface area contributed by atoms with Crippen molar-refractivity contribution < 1.29 is 19.0 Å². The Morgan fingerprint density at radius 1 is 1.22 bits per heavy atom. The molecule has 1 atom stereocenters. The molecule has 0 aliphatic carbocycles. The van der Waals surface area contributed by atoms with Crippen molar-refractivity contribution in [3.63, 3.8) is 0 Å². The van der Waals surface area contributed by atoms with Gasteiger partial charge in [0.05, 0.1) is 0 Å². The minimum atomic E-state index is 0.0738. The quantitative estimate of drug-likeness (QED) is 0.715. The Balaban J connectivity index is 1.25. The van der Waals surface area contributed by atoms with E-state index in [2.05, 4.69) is 4.90 Å². The van der Waals surface area contributed by atoms with Crippen LogP contribution in [-0.2, 0) is 9.53 Å². The predicted octanol–water partition coefficient (Wildman–Crippen LogP) is 2.18. The highest BCUT2D eigenvalue weighted by Crippen LogP contribution is 2.41. The average molecular weight is 374 g/mol. The van der Waals surface area contributed by atoms with Crippen LogP contribution in [0.25, 0.3) is 0 Å². The van der Waals surface area contributed by atoms with Gasteiger partial charge in [-0.05, 0) is 49.9 Å². The van der Waals surface area contributed by atoms with Gasteiger partial charge in [0, 0.05) is 39.8 Å². The van der Waals surface area contributed by atoms with Crippen molar-refractivity contribution in [2.45, 2.75) is 31.8 Å². The summed E-state index contributed by atoms with van der Waals surface area (Å²) in [5.41, 5.74) is 0.178. The molecule has 1 aromatic carbocycles. The van der Waals surface area contributed by atoms with Gasteiger partial charge < -0.3 is 19.1 Å². The van der Waals surface area contributed by atoms with E-state index in [1.165, 1.54) is 0 Å². The van der Waals surface area contributed by atoms with E-state index in [-0.39, 0.29) is 11.5 Å². The molecular formula is C21H30N2O4. The maximum Gasteiger partial charge on any atom is 0.223 e. The molecule has 148 valence electrons. The van der Waals surface area contributed by atoms with E-state index >= 15 is 0 Å². The van der Waals surface area contributed by atoms with E-state index in [4.69, 9.17) is 14.2 Å². The monoisotopic (exact) mass is 374 g/mol. The van der Waals surface area contributed by atoms with Crippen LogP contribution in [0.1, 0.15) is 25.7 Å². The fourth-order valence-corrected chi connectivity index (χ4v) is 4.57. The zero-order chi connectivity index (χ0) is 18.7. The molecule has 1 amide bonds. The van der Waals surface area contributed by atoms with Gasteiger partial charge in [-0.25, -0.2) is 0 Å². The lowest BCUT2D eigenvalue weighted by Gasteiger charge is -2.40. The van der Waals surface area contributed by atoms with Crippen molar-refractivity contribution in [1.82, 2.24) is 9.80 Å². The zero-order valence-corrected chi connectivity index (χ0v) is 16.2. The molecule has 0 saturated carbocycles. The molecule has 3 heterocycles. The van der Waals surface area contributed by atoms with Crippen LogP contribution in [0.2, 0.25) is 0 Å². The highest BCUT2D eigenvalue weighted by molar-refractivity contribution is 5.79. The van der Waals surface area contributed by atoms with E-state index in [0.29, 0.717) is 18.9 Å². The summed E-state index contributed by atoms with van der Waals surface area (Å²) < 4.78 is 17.0. The Morgan fingerprint density at radius 2 is 2.00 bits per heavy atom. The van der Waals surface area contributed by atoms with Gasteiger partial charge in [0.1, 0.15) is 12.7 Å². The third-order valence-corrected chi connectivity index (χ3v) is 6.13. The fourth-order valence-electron chi connectivity index (χ4n) is 4.57. The first kappa shape index (κ1) is 18.6. The molecular weight excluding hydrogens is 344 g/mol. The lowest BCUT2D eigenvalue weighted by Crippen LogP contribution is -2.47. The smallest absolute Gasteiger partial charge is 0.223 e. The van der Waals surface area contributed by atoms with Crippen LogP contribution < -0.4 is 9.47 Å². The number of fused-ring (bicyclic) bond motifs is 1. The number of carbonyl (C=O) groups is 1. The minimum Gasteiger partial charge on any atom is -0.486 e. The summed E-state index contributed by atoms with van der Waals surface area (Å²) in [6, 6.07) is 7.86. The Bertz CT molecular complexity index is 657. The fraction of sp³-hybridized carbons (Fsp3) is 0.667. The van der Waals surface area contributed by atoms with Gasteiger partial charge in [-0.15, -0.1) is 0 Å². The molecule has 1 aromatic rings. The van der Waals surface area contributed by atoms with Crippen molar-refractivity contribution in [3.05, 3.63) is 24.3 Å². The number of piperidine rings is 1. The predicted molar refractivity (Wildman–Crippen MR) is 102 cm³/mol. The molecule has 6 nitrogen and oxygen atoms in total. The van der Waals surface area contributed by atoms with Crippen LogP contribution in [0.4, 0.5) is 0 Å². The maximum atomic E-state index is 12.4. The normalized spacial score (nSPS) is 24.6. The number of rotatable bonds is 6. The molecule has 0 aromatic heterocycles. The molecule has 0 bridgehead atoms. The number of likely N-dealkylation sites (tertiary alicyclic amines) is 2. The average Bonchev–Trinajstić information content (AvgIpc) is 2.99. The highest BCUT2D eigenvalue weighted by Gasteiger charge is 2.44. The number of benzene rings is 1. The summed E-state index contributed by atoms with van der Waals surface area (Å²) in [6.45, 7) is 6.00. The van der Waals surface area contributed by atoms with Gasteiger partial charge in [-0.3, -0.25) is 9.69 Å².